The quantitative estimate of drug-likeness (QED) is 0.0484. The summed E-state index contributed by atoms with van der Waals surface area (Å²) in [6.45, 7) is -4.75. The van der Waals surface area contributed by atoms with Gasteiger partial charge in [0.15, 0.2) is 5.76 Å². The van der Waals surface area contributed by atoms with Crippen molar-refractivity contribution in [1.29, 1.82) is 0 Å². The number of esters is 1. The molecule has 0 saturated carbocycles. The number of hydrogen-bond donors (Lipinski definition) is 0. The van der Waals surface area contributed by atoms with E-state index in [1.807, 2.05) is 5.92 Å². The molecule has 0 unspecified atom stereocenters. The SMILES string of the molecule is C#CCN(CC(=O)OCCC(F)(F)C(F)(F)C(F)(F)C(F)(F)C(F)(F)C(F)(F)C(F)(F)C(F)(F)F)C(=O)c1ccc(CN=[N+]=[N-])o1. The third-order valence-electron chi connectivity index (χ3n) is 5.52. The van der Waals surface area contributed by atoms with Gasteiger partial charge in [0, 0.05) is 4.91 Å². The zero-order valence-electron chi connectivity index (χ0n) is 21.6. The van der Waals surface area contributed by atoms with Gasteiger partial charge in [0.2, 0.25) is 0 Å². The summed E-state index contributed by atoms with van der Waals surface area (Å²) in [5, 5.41) is 3.10. The number of halogens is 17. The van der Waals surface area contributed by atoms with E-state index in [0.717, 1.165) is 12.1 Å². The van der Waals surface area contributed by atoms with Crippen LogP contribution in [0.2, 0.25) is 0 Å². The summed E-state index contributed by atoms with van der Waals surface area (Å²) in [5.41, 5.74) is 8.25. The minimum atomic E-state index is -8.76. The average Bonchev–Trinajstić information content (AvgIpc) is 3.38. The number of terminal acetylenes is 1. The smallest absolute Gasteiger partial charge is 0.460 e. The van der Waals surface area contributed by atoms with E-state index in [2.05, 4.69) is 14.8 Å². The second-order valence-electron chi connectivity index (χ2n) is 8.64. The monoisotopic (exact) mass is 708 g/mol. The molecule has 0 fully saturated rings. The van der Waals surface area contributed by atoms with Gasteiger partial charge >= 0.3 is 53.6 Å². The van der Waals surface area contributed by atoms with E-state index >= 15 is 0 Å². The van der Waals surface area contributed by atoms with Crippen LogP contribution < -0.4 is 0 Å². The van der Waals surface area contributed by atoms with Crippen LogP contribution in [0.4, 0.5) is 74.6 Å². The zero-order valence-corrected chi connectivity index (χ0v) is 21.6. The molecule has 1 aromatic heterocycles. The number of carbonyl (C=O) groups excluding carboxylic acids is 2. The number of hydrogen-bond acceptors (Lipinski definition) is 5. The van der Waals surface area contributed by atoms with Crippen molar-refractivity contribution in [3.63, 3.8) is 0 Å². The number of carbonyl (C=O) groups is 2. The lowest BCUT2D eigenvalue weighted by atomic mass is 9.88. The molecule has 0 aliphatic heterocycles. The molecule has 1 rings (SSSR count). The molecule has 0 atom stereocenters. The zero-order chi connectivity index (χ0) is 36.4. The lowest BCUT2D eigenvalue weighted by Gasteiger charge is -2.42. The topological polar surface area (TPSA) is 109 Å². The molecular weight excluding hydrogens is 695 g/mol. The van der Waals surface area contributed by atoms with E-state index in [1.165, 1.54) is 0 Å². The minimum Gasteiger partial charge on any atom is -0.464 e. The molecule has 260 valence electrons. The second kappa shape index (κ2) is 13.0. The Morgan fingerprint density at radius 1 is 0.826 bits per heavy atom. The van der Waals surface area contributed by atoms with Crippen molar-refractivity contribution >= 4 is 11.9 Å². The van der Waals surface area contributed by atoms with Crippen molar-refractivity contribution < 1.29 is 93.4 Å². The second-order valence-corrected chi connectivity index (χ2v) is 8.64. The number of ether oxygens (including phenoxy) is 1. The van der Waals surface area contributed by atoms with E-state index in [-0.39, 0.29) is 5.76 Å². The average molecular weight is 708 g/mol. The molecule has 0 aromatic carbocycles. The first-order valence-corrected chi connectivity index (χ1v) is 11.2. The Morgan fingerprint density at radius 3 is 1.76 bits per heavy atom. The normalized spacial score (nSPS) is 13.9. The number of nitrogens with zero attached hydrogens (tertiary/aromatic N) is 4. The van der Waals surface area contributed by atoms with Crippen molar-refractivity contribution in [3.05, 3.63) is 34.1 Å². The molecule has 0 spiro atoms. The highest BCUT2D eigenvalue weighted by Crippen LogP contribution is 2.64. The molecule has 1 amide bonds. The summed E-state index contributed by atoms with van der Waals surface area (Å²) >= 11 is 0. The molecule has 0 saturated heterocycles. The number of rotatable bonds is 15. The molecule has 46 heavy (non-hydrogen) atoms. The maximum Gasteiger partial charge on any atom is 0.460 e. The molecular formula is C21H13F17N4O4. The van der Waals surface area contributed by atoms with Gasteiger partial charge in [-0.05, 0) is 17.7 Å². The third-order valence-corrected chi connectivity index (χ3v) is 5.52. The fourth-order valence-corrected chi connectivity index (χ4v) is 2.99. The number of furan rings is 1. The Bertz CT molecular complexity index is 1360. The van der Waals surface area contributed by atoms with E-state index in [9.17, 15) is 84.2 Å². The Balaban J connectivity index is 3.15. The first-order chi connectivity index (χ1) is 20.5. The first kappa shape index (κ1) is 39.9. The van der Waals surface area contributed by atoms with E-state index in [0.29, 0.717) is 4.90 Å². The van der Waals surface area contributed by atoms with Crippen LogP contribution in [-0.4, -0.2) is 84.1 Å². The highest BCUT2D eigenvalue weighted by molar-refractivity contribution is 5.93. The minimum absolute atomic E-state index is 0.106. The van der Waals surface area contributed by atoms with Crippen LogP contribution in [0.25, 0.3) is 10.4 Å². The van der Waals surface area contributed by atoms with Gasteiger partial charge in [0.05, 0.1) is 26.1 Å². The molecule has 1 heterocycles. The standard InChI is InChI=1S/C21H13F17N4O4/c1-2-6-42(13(44)11-4-3-10(46-11)8-40-41-39)9-12(43)45-7-5-14(22,23)15(24,25)16(26,27)17(28,29)18(30,31)19(32,33)20(34,35)21(36,37)38/h1,3-4H,5-9H2. The van der Waals surface area contributed by atoms with Crippen molar-refractivity contribution in [2.45, 2.75) is 60.6 Å². The van der Waals surface area contributed by atoms with Crippen molar-refractivity contribution in [2.75, 3.05) is 19.7 Å². The van der Waals surface area contributed by atoms with Gasteiger partial charge in [-0.3, -0.25) is 9.59 Å². The van der Waals surface area contributed by atoms with Gasteiger partial charge in [0.25, 0.3) is 5.91 Å². The van der Waals surface area contributed by atoms with Gasteiger partial charge in [-0.2, -0.15) is 74.6 Å². The summed E-state index contributed by atoms with van der Waals surface area (Å²) in [7, 11) is 0. The van der Waals surface area contributed by atoms with Crippen LogP contribution in [0.5, 0.6) is 0 Å². The fourth-order valence-electron chi connectivity index (χ4n) is 2.99. The summed E-state index contributed by atoms with van der Waals surface area (Å²) < 4.78 is 235. The molecule has 0 aliphatic rings. The Hall–Kier alpha value is -4.10. The number of alkyl halides is 17. The number of azide groups is 1. The Morgan fingerprint density at radius 2 is 1.30 bits per heavy atom. The van der Waals surface area contributed by atoms with Crippen LogP contribution in [0.1, 0.15) is 22.7 Å². The van der Waals surface area contributed by atoms with Crippen molar-refractivity contribution in [1.82, 2.24) is 4.90 Å². The van der Waals surface area contributed by atoms with E-state index < -0.39 is 97.9 Å². The highest BCUT2D eigenvalue weighted by Gasteiger charge is 2.95. The third kappa shape index (κ3) is 6.85. The first-order valence-electron chi connectivity index (χ1n) is 11.2. The van der Waals surface area contributed by atoms with Crippen LogP contribution in [0, 0.1) is 12.3 Å². The molecule has 0 N–H and O–H groups in total. The largest absolute Gasteiger partial charge is 0.464 e. The summed E-state index contributed by atoms with van der Waals surface area (Å²) in [4.78, 5) is 27.1. The van der Waals surface area contributed by atoms with Gasteiger partial charge in [-0.1, -0.05) is 11.0 Å². The fraction of sp³-hybridized carbons (Fsp3) is 0.619. The molecule has 0 radical (unpaired) electrons. The van der Waals surface area contributed by atoms with Crippen LogP contribution in [0.3, 0.4) is 0 Å². The van der Waals surface area contributed by atoms with Crippen LogP contribution in [0.15, 0.2) is 21.7 Å². The summed E-state index contributed by atoms with van der Waals surface area (Å²) in [6.07, 6.45) is -5.90. The van der Waals surface area contributed by atoms with Crippen molar-refractivity contribution in [2.24, 2.45) is 5.11 Å². The maximum absolute atomic E-state index is 14.0. The Kier molecular flexibility index (Phi) is 11.2. The molecule has 8 nitrogen and oxygen atoms in total. The summed E-state index contributed by atoms with van der Waals surface area (Å²) in [5.74, 6) is -59.5. The van der Waals surface area contributed by atoms with Crippen LogP contribution >= 0.6 is 0 Å². The molecule has 0 aliphatic carbocycles. The van der Waals surface area contributed by atoms with Crippen molar-refractivity contribution in [3.8, 4) is 12.3 Å². The van der Waals surface area contributed by atoms with E-state index in [1.54, 1.807) is 0 Å². The lowest BCUT2D eigenvalue weighted by Crippen LogP contribution is -2.74. The van der Waals surface area contributed by atoms with Crippen LogP contribution in [-0.2, 0) is 16.1 Å². The van der Waals surface area contributed by atoms with Gasteiger partial charge in [-0.15, -0.1) is 6.42 Å². The molecule has 1 aromatic rings. The lowest BCUT2D eigenvalue weighted by molar-refractivity contribution is -0.461. The molecule has 0 bridgehead atoms. The van der Waals surface area contributed by atoms with E-state index in [4.69, 9.17) is 16.4 Å². The van der Waals surface area contributed by atoms with Gasteiger partial charge < -0.3 is 14.1 Å². The predicted molar refractivity (Wildman–Crippen MR) is 113 cm³/mol. The maximum atomic E-state index is 14.0. The highest BCUT2D eigenvalue weighted by atomic mass is 19.4. The predicted octanol–water partition coefficient (Wildman–Crippen LogP) is 7.11. The summed E-state index contributed by atoms with van der Waals surface area (Å²) in [6, 6.07) is 2.07. The van der Waals surface area contributed by atoms with Gasteiger partial charge in [-0.25, -0.2) is 0 Å². The Labute approximate surface area is 243 Å². The van der Waals surface area contributed by atoms with Gasteiger partial charge in [0.1, 0.15) is 12.3 Å². The number of amides is 1. The molecule has 25 heteroatoms.